The molecule has 0 atom stereocenters. The number of ether oxygens (including phenoxy) is 1. The molecule has 3 amide bonds. The van der Waals surface area contributed by atoms with Crippen molar-refractivity contribution >= 4 is 39.3 Å². The summed E-state index contributed by atoms with van der Waals surface area (Å²) in [6, 6.07) is 12.3. The molecule has 0 aliphatic rings. The van der Waals surface area contributed by atoms with E-state index in [1.54, 1.807) is 30.3 Å². The molecule has 0 bridgehead atoms. The molecule has 31 heavy (non-hydrogen) atoms. The lowest BCUT2D eigenvalue weighted by Crippen LogP contribution is -2.41. The molecule has 0 aliphatic carbocycles. The molecule has 2 aromatic carbocycles. The molecule has 0 saturated carbocycles. The second-order valence-electron chi connectivity index (χ2n) is 7.17. The fourth-order valence-corrected chi connectivity index (χ4v) is 3.17. The molecule has 7 nitrogen and oxygen atoms in total. The lowest BCUT2D eigenvalue weighted by atomic mass is 10.2. The summed E-state index contributed by atoms with van der Waals surface area (Å²) >= 11 is 3.38. The van der Waals surface area contributed by atoms with E-state index in [9.17, 15) is 14.4 Å². The number of amides is 3. The smallest absolute Gasteiger partial charge is 0.251 e. The molecule has 0 fully saturated rings. The van der Waals surface area contributed by atoms with E-state index in [-0.39, 0.29) is 30.8 Å². The third kappa shape index (κ3) is 8.05. The molecule has 0 spiro atoms. The SMILES string of the molecule is CCCCOc1ccc(C(=O)NCC(=O)N(C)CC(=O)Nc2ccc(Br)cc2C)cc1. The summed E-state index contributed by atoms with van der Waals surface area (Å²) in [6.45, 7) is 4.29. The van der Waals surface area contributed by atoms with Crippen LogP contribution in [0, 0.1) is 6.92 Å². The number of carbonyl (C=O) groups excluding carboxylic acids is 3. The van der Waals surface area contributed by atoms with Crippen LogP contribution in [0.4, 0.5) is 5.69 Å². The quantitative estimate of drug-likeness (QED) is 0.497. The lowest BCUT2D eigenvalue weighted by Gasteiger charge is -2.18. The van der Waals surface area contributed by atoms with E-state index in [4.69, 9.17) is 4.74 Å². The molecule has 166 valence electrons. The van der Waals surface area contributed by atoms with Crippen LogP contribution in [0.3, 0.4) is 0 Å². The van der Waals surface area contributed by atoms with Crippen LogP contribution >= 0.6 is 15.9 Å². The van der Waals surface area contributed by atoms with E-state index < -0.39 is 0 Å². The number of nitrogens with zero attached hydrogens (tertiary/aromatic N) is 1. The summed E-state index contributed by atoms with van der Waals surface area (Å²) < 4.78 is 6.49. The second kappa shape index (κ2) is 12.1. The Morgan fingerprint density at radius 1 is 1.10 bits per heavy atom. The van der Waals surface area contributed by atoms with Gasteiger partial charge in [0.25, 0.3) is 5.91 Å². The number of rotatable bonds is 10. The average Bonchev–Trinajstić information content (AvgIpc) is 2.74. The van der Waals surface area contributed by atoms with Crippen molar-refractivity contribution in [1.29, 1.82) is 0 Å². The van der Waals surface area contributed by atoms with Crippen LogP contribution in [0.25, 0.3) is 0 Å². The van der Waals surface area contributed by atoms with E-state index >= 15 is 0 Å². The summed E-state index contributed by atoms with van der Waals surface area (Å²) in [7, 11) is 1.52. The minimum absolute atomic E-state index is 0.117. The molecule has 0 radical (unpaired) electrons. The first-order chi connectivity index (χ1) is 14.8. The predicted octanol–water partition coefficient (Wildman–Crippen LogP) is 3.76. The maximum absolute atomic E-state index is 12.3. The number of likely N-dealkylation sites (N-methyl/N-ethyl adjacent to an activating group) is 1. The van der Waals surface area contributed by atoms with Crippen LogP contribution in [0.2, 0.25) is 0 Å². The van der Waals surface area contributed by atoms with Gasteiger partial charge in [-0.2, -0.15) is 0 Å². The molecule has 2 N–H and O–H groups in total. The van der Waals surface area contributed by atoms with Gasteiger partial charge in [0.2, 0.25) is 11.8 Å². The Morgan fingerprint density at radius 3 is 2.45 bits per heavy atom. The molecule has 0 aromatic heterocycles. The average molecular weight is 490 g/mol. The first kappa shape index (κ1) is 24.4. The van der Waals surface area contributed by atoms with Crippen molar-refractivity contribution in [2.75, 3.05) is 32.1 Å². The lowest BCUT2D eigenvalue weighted by molar-refractivity contribution is -0.132. The molecule has 8 heteroatoms. The Balaban J connectivity index is 1.78. The number of hydrogen-bond donors (Lipinski definition) is 2. The highest BCUT2D eigenvalue weighted by molar-refractivity contribution is 9.10. The number of carbonyl (C=O) groups is 3. The number of anilines is 1. The van der Waals surface area contributed by atoms with Crippen LogP contribution in [-0.4, -0.2) is 49.4 Å². The highest BCUT2D eigenvalue weighted by Gasteiger charge is 2.15. The number of nitrogens with one attached hydrogen (secondary N) is 2. The number of unbranched alkanes of at least 4 members (excludes halogenated alkanes) is 1. The molecule has 2 rings (SSSR count). The minimum Gasteiger partial charge on any atom is -0.494 e. The third-order valence-corrected chi connectivity index (χ3v) is 5.05. The largest absolute Gasteiger partial charge is 0.494 e. The number of aryl methyl sites for hydroxylation is 1. The maximum atomic E-state index is 12.3. The van der Waals surface area contributed by atoms with Crippen molar-refractivity contribution in [3.8, 4) is 5.75 Å². The van der Waals surface area contributed by atoms with Gasteiger partial charge in [0.15, 0.2) is 0 Å². The van der Waals surface area contributed by atoms with Gasteiger partial charge in [0, 0.05) is 22.8 Å². The number of hydrogen-bond acceptors (Lipinski definition) is 4. The Labute approximate surface area is 191 Å². The van der Waals surface area contributed by atoms with Gasteiger partial charge in [0.1, 0.15) is 5.75 Å². The van der Waals surface area contributed by atoms with Crippen molar-refractivity contribution in [2.45, 2.75) is 26.7 Å². The molecule has 0 saturated heterocycles. The first-order valence-corrected chi connectivity index (χ1v) is 10.9. The zero-order chi connectivity index (χ0) is 22.8. The summed E-state index contributed by atoms with van der Waals surface area (Å²) in [4.78, 5) is 38.1. The Kier molecular flexibility index (Phi) is 9.52. The topological polar surface area (TPSA) is 87.7 Å². The summed E-state index contributed by atoms with van der Waals surface area (Å²) in [5, 5.41) is 5.37. The van der Waals surface area contributed by atoms with Crippen LogP contribution in [0.5, 0.6) is 5.75 Å². The van der Waals surface area contributed by atoms with Gasteiger partial charge < -0.3 is 20.3 Å². The van der Waals surface area contributed by atoms with E-state index in [2.05, 4.69) is 33.5 Å². The second-order valence-corrected chi connectivity index (χ2v) is 8.08. The first-order valence-electron chi connectivity index (χ1n) is 10.1. The predicted molar refractivity (Wildman–Crippen MR) is 124 cm³/mol. The van der Waals surface area contributed by atoms with Crippen molar-refractivity contribution in [3.05, 3.63) is 58.1 Å². The van der Waals surface area contributed by atoms with Gasteiger partial charge in [0.05, 0.1) is 19.7 Å². The molecular formula is C23H28BrN3O4. The number of halogens is 1. The Hall–Kier alpha value is -2.87. The van der Waals surface area contributed by atoms with Crippen molar-refractivity contribution in [1.82, 2.24) is 10.2 Å². The maximum Gasteiger partial charge on any atom is 0.251 e. The van der Waals surface area contributed by atoms with E-state index in [0.29, 0.717) is 23.6 Å². The van der Waals surface area contributed by atoms with E-state index in [1.165, 1.54) is 11.9 Å². The minimum atomic E-state index is -0.365. The van der Waals surface area contributed by atoms with Crippen LogP contribution in [0.1, 0.15) is 35.7 Å². The molecular weight excluding hydrogens is 462 g/mol. The zero-order valence-electron chi connectivity index (χ0n) is 18.0. The third-order valence-electron chi connectivity index (χ3n) is 4.55. The van der Waals surface area contributed by atoms with Gasteiger partial charge >= 0.3 is 0 Å². The van der Waals surface area contributed by atoms with Crippen molar-refractivity contribution < 1.29 is 19.1 Å². The number of benzene rings is 2. The highest BCUT2D eigenvalue weighted by Crippen LogP contribution is 2.20. The molecule has 0 heterocycles. The zero-order valence-corrected chi connectivity index (χ0v) is 19.6. The van der Waals surface area contributed by atoms with Crippen LogP contribution < -0.4 is 15.4 Å². The van der Waals surface area contributed by atoms with Crippen LogP contribution in [0.15, 0.2) is 46.9 Å². The Morgan fingerprint density at radius 2 is 1.81 bits per heavy atom. The summed E-state index contributed by atoms with van der Waals surface area (Å²) in [5.41, 5.74) is 2.02. The van der Waals surface area contributed by atoms with Gasteiger partial charge in [-0.1, -0.05) is 29.3 Å². The molecule has 2 aromatic rings. The fraction of sp³-hybridized carbons (Fsp3) is 0.348. The van der Waals surface area contributed by atoms with Crippen molar-refractivity contribution in [3.63, 3.8) is 0 Å². The molecule has 0 unspecified atom stereocenters. The van der Waals surface area contributed by atoms with Gasteiger partial charge in [-0.15, -0.1) is 0 Å². The molecule has 0 aliphatic heterocycles. The van der Waals surface area contributed by atoms with E-state index in [1.807, 2.05) is 19.1 Å². The van der Waals surface area contributed by atoms with Crippen molar-refractivity contribution in [2.24, 2.45) is 0 Å². The fourth-order valence-electron chi connectivity index (χ4n) is 2.69. The monoisotopic (exact) mass is 489 g/mol. The van der Waals surface area contributed by atoms with Crippen LogP contribution in [-0.2, 0) is 9.59 Å². The van der Waals surface area contributed by atoms with E-state index in [0.717, 1.165) is 22.9 Å². The Bertz CT molecular complexity index is 916. The summed E-state index contributed by atoms with van der Waals surface area (Å²) in [5.74, 6) is -0.341. The summed E-state index contributed by atoms with van der Waals surface area (Å²) in [6.07, 6.45) is 2.02. The van der Waals surface area contributed by atoms with Gasteiger partial charge in [-0.25, -0.2) is 0 Å². The van der Waals surface area contributed by atoms with Gasteiger partial charge in [-0.3, -0.25) is 14.4 Å². The highest BCUT2D eigenvalue weighted by atomic mass is 79.9. The normalized spacial score (nSPS) is 10.3. The standard InChI is InChI=1S/C23H28BrN3O4/c1-4-5-12-31-19-9-6-17(7-10-19)23(30)25-14-22(29)27(3)15-21(28)26-20-11-8-18(24)13-16(20)2/h6-11,13H,4-5,12,14-15H2,1-3H3,(H,25,30)(H,26,28). The van der Waals surface area contributed by atoms with Gasteiger partial charge in [-0.05, 0) is 61.4 Å².